The molecule has 0 unspecified atom stereocenters. The molecule has 170 valence electrons. The summed E-state index contributed by atoms with van der Waals surface area (Å²) in [7, 11) is 0. The van der Waals surface area contributed by atoms with Crippen LogP contribution in [0.15, 0.2) is 36.4 Å². The first-order valence-corrected chi connectivity index (χ1v) is 11.0. The largest absolute Gasteiger partial charge is 0.482 e. The third kappa shape index (κ3) is 5.63. The lowest BCUT2D eigenvalue weighted by molar-refractivity contribution is -0.121. The number of anilines is 2. The fourth-order valence-corrected chi connectivity index (χ4v) is 3.99. The number of benzene rings is 2. The third-order valence-electron chi connectivity index (χ3n) is 5.18. The Kier molecular flexibility index (Phi) is 7.36. The zero-order chi connectivity index (χ0) is 22.5. The lowest BCUT2D eigenvalue weighted by Crippen LogP contribution is -2.45. The summed E-state index contributed by atoms with van der Waals surface area (Å²) in [5.41, 5.74) is 1.23. The van der Waals surface area contributed by atoms with E-state index in [0.717, 1.165) is 19.6 Å². The Balaban J connectivity index is 1.36. The summed E-state index contributed by atoms with van der Waals surface area (Å²) in [5.74, 6) is 0.475. The van der Waals surface area contributed by atoms with Crippen LogP contribution < -0.4 is 19.7 Å². The molecule has 2 aromatic rings. The van der Waals surface area contributed by atoms with Gasteiger partial charge in [-0.15, -0.1) is 0 Å². The fraction of sp³-hybridized carbons (Fsp3) is 0.364. The molecule has 4 rings (SSSR count). The van der Waals surface area contributed by atoms with Crippen molar-refractivity contribution in [2.24, 2.45) is 0 Å². The van der Waals surface area contributed by atoms with Crippen LogP contribution >= 0.6 is 23.2 Å². The Hall–Kier alpha value is -2.52. The van der Waals surface area contributed by atoms with Gasteiger partial charge in [-0.25, -0.2) is 0 Å². The highest BCUT2D eigenvalue weighted by molar-refractivity contribution is 6.35. The van der Waals surface area contributed by atoms with Crippen LogP contribution in [0.2, 0.25) is 10.0 Å². The normalized spacial score (nSPS) is 16.3. The number of rotatable bonds is 7. The van der Waals surface area contributed by atoms with Crippen LogP contribution in [0.5, 0.6) is 11.5 Å². The van der Waals surface area contributed by atoms with E-state index in [1.54, 1.807) is 41.3 Å². The highest BCUT2D eigenvalue weighted by Crippen LogP contribution is 2.34. The summed E-state index contributed by atoms with van der Waals surface area (Å²) in [6.45, 7) is 4.22. The van der Waals surface area contributed by atoms with Gasteiger partial charge in [0.1, 0.15) is 11.5 Å². The zero-order valence-corrected chi connectivity index (χ0v) is 18.8. The number of ether oxygens (including phenoxy) is 3. The molecule has 2 aliphatic rings. The second kappa shape index (κ2) is 10.4. The van der Waals surface area contributed by atoms with Gasteiger partial charge in [-0.1, -0.05) is 23.2 Å². The first kappa shape index (κ1) is 22.7. The van der Waals surface area contributed by atoms with Crippen molar-refractivity contribution in [3.8, 4) is 11.5 Å². The van der Waals surface area contributed by atoms with E-state index in [2.05, 4.69) is 10.2 Å². The first-order chi connectivity index (χ1) is 15.5. The standard InChI is InChI=1S/C22H23Cl2N3O5/c23-15-1-4-19(17(24)11-15)31-13-21(28)25-16-2-3-18-20(12-16)32-14-22(29)27(18)6-5-26-7-9-30-10-8-26/h1-4,11-12H,5-10,13-14H2,(H,25,28). The van der Waals surface area contributed by atoms with Crippen molar-refractivity contribution in [2.45, 2.75) is 0 Å². The Morgan fingerprint density at radius 3 is 2.69 bits per heavy atom. The minimum atomic E-state index is -0.355. The van der Waals surface area contributed by atoms with E-state index < -0.39 is 0 Å². The number of hydrogen-bond donors (Lipinski definition) is 1. The van der Waals surface area contributed by atoms with Gasteiger partial charge in [0.2, 0.25) is 0 Å². The molecule has 1 N–H and O–H groups in total. The number of halogens is 2. The van der Waals surface area contributed by atoms with Gasteiger partial charge in [0.15, 0.2) is 13.2 Å². The van der Waals surface area contributed by atoms with Crippen molar-refractivity contribution in [3.05, 3.63) is 46.4 Å². The number of carbonyl (C=O) groups excluding carboxylic acids is 2. The minimum absolute atomic E-state index is 0.0360. The molecule has 0 aliphatic carbocycles. The average Bonchev–Trinajstić information content (AvgIpc) is 2.78. The molecular weight excluding hydrogens is 457 g/mol. The van der Waals surface area contributed by atoms with Crippen molar-refractivity contribution < 1.29 is 23.8 Å². The van der Waals surface area contributed by atoms with E-state index in [0.29, 0.717) is 52.7 Å². The molecule has 0 spiro atoms. The van der Waals surface area contributed by atoms with Crippen LogP contribution in [-0.2, 0) is 14.3 Å². The molecule has 1 saturated heterocycles. The Morgan fingerprint density at radius 1 is 1.09 bits per heavy atom. The minimum Gasteiger partial charge on any atom is -0.482 e. The SMILES string of the molecule is O=C(COc1ccc(Cl)cc1Cl)Nc1ccc2c(c1)OCC(=O)N2CCN1CCOCC1. The summed E-state index contributed by atoms with van der Waals surface area (Å²) in [6, 6.07) is 9.99. The van der Waals surface area contributed by atoms with E-state index in [4.69, 9.17) is 37.4 Å². The molecule has 0 atom stereocenters. The van der Waals surface area contributed by atoms with Gasteiger partial charge in [0.25, 0.3) is 11.8 Å². The van der Waals surface area contributed by atoms with Crippen LogP contribution in [0.4, 0.5) is 11.4 Å². The molecular formula is C22H23Cl2N3O5. The quantitative estimate of drug-likeness (QED) is 0.657. The van der Waals surface area contributed by atoms with E-state index in [9.17, 15) is 9.59 Å². The summed E-state index contributed by atoms with van der Waals surface area (Å²) in [4.78, 5) is 28.7. The molecule has 2 aromatic carbocycles. The van der Waals surface area contributed by atoms with E-state index >= 15 is 0 Å². The van der Waals surface area contributed by atoms with Crippen LogP contribution in [0, 0.1) is 0 Å². The predicted octanol–water partition coefficient (Wildman–Crippen LogP) is 3.07. The maximum atomic E-state index is 12.4. The van der Waals surface area contributed by atoms with Gasteiger partial charge in [0, 0.05) is 43.0 Å². The molecule has 8 nitrogen and oxygen atoms in total. The molecule has 1 fully saturated rings. The van der Waals surface area contributed by atoms with Crippen molar-refractivity contribution in [2.75, 3.05) is 62.8 Å². The van der Waals surface area contributed by atoms with Gasteiger partial charge in [0.05, 0.1) is 23.9 Å². The Labute approximate surface area is 195 Å². The molecule has 2 heterocycles. The third-order valence-corrected chi connectivity index (χ3v) is 5.71. The van der Waals surface area contributed by atoms with Crippen LogP contribution in [0.3, 0.4) is 0 Å². The lowest BCUT2D eigenvalue weighted by atomic mass is 10.2. The maximum Gasteiger partial charge on any atom is 0.265 e. The molecule has 0 aromatic heterocycles. The van der Waals surface area contributed by atoms with Crippen LogP contribution in [0.1, 0.15) is 0 Å². The number of fused-ring (bicyclic) bond motifs is 1. The molecule has 0 bridgehead atoms. The van der Waals surface area contributed by atoms with Crippen molar-refractivity contribution >= 4 is 46.4 Å². The molecule has 0 saturated carbocycles. The van der Waals surface area contributed by atoms with Crippen LogP contribution in [-0.4, -0.2) is 69.3 Å². The monoisotopic (exact) mass is 479 g/mol. The van der Waals surface area contributed by atoms with E-state index in [1.807, 2.05) is 0 Å². The Bertz CT molecular complexity index is 998. The van der Waals surface area contributed by atoms with Gasteiger partial charge in [-0.2, -0.15) is 0 Å². The highest BCUT2D eigenvalue weighted by atomic mass is 35.5. The smallest absolute Gasteiger partial charge is 0.265 e. The number of nitrogens with zero attached hydrogens (tertiary/aromatic N) is 2. The number of morpholine rings is 1. The lowest BCUT2D eigenvalue weighted by Gasteiger charge is -2.33. The van der Waals surface area contributed by atoms with Crippen molar-refractivity contribution in [3.63, 3.8) is 0 Å². The molecule has 0 radical (unpaired) electrons. The van der Waals surface area contributed by atoms with Crippen molar-refractivity contribution in [1.82, 2.24) is 4.90 Å². The number of amides is 2. The zero-order valence-electron chi connectivity index (χ0n) is 17.3. The highest BCUT2D eigenvalue weighted by Gasteiger charge is 2.26. The second-order valence-corrected chi connectivity index (χ2v) is 8.23. The average molecular weight is 480 g/mol. The maximum absolute atomic E-state index is 12.4. The van der Waals surface area contributed by atoms with Gasteiger partial charge in [-0.05, 0) is 30.3 Å². The molecule has 10 heteroatoms. The summed E-state index contributed by atoms with van der Waals surface area (Å²) in [5, 5.41) is 3.58. The topological polar surface area (TPSA) is 80.3 Å². The summed E-state index contributed by atoms with van der Waals surface area (Å²) < 4.78 is 16.4. The number of carbonyl (C=O) groups is 2. The van der Waals surface area contributed by atoms with Crippen LogP contribution in [0.25, 0.3) is 0 Å². The van der Waals surface area contributed by atoms with E-state index in [-0.39, 0.29) is 25.0 Å². The predicted molar refractivity (Wildman–Crippen MR) is 122 cm³/mol. The second-order valence-electron chi connectivity index (χ2n) is 7.38. The fourth-order valence-electron chi connectivity index (χ4n) is 3.53. The van der Waals surface area contributed by atoms with Gasteiger partial charge < -0.3 is 24.4 Å². The molecule has 2 aliphatic heterocycles. The van der Waals surface area contributed by atoms with Crippen molar-refractivity contribution in [1.29, 1.82) is 0 Å². The molecule has 32 heavy (non-hydrogen) atoms. The first-order valence-electron chi connectivity index (χ1n) is 10.2. The number of nitrogens with one attached hydrogen (secondary N) is 1. The van der Waals surface area contributed by atoms with Gasteiger partial charge in [-0.3, -0.25) is 14.5 Å². The summed E-state index contributed by atoms with van der Waals surface area (Å²) in [6.07, 6.45) is 0. The van der Waals surface area contributed by atoms with Gasteiger partial charge >= 0.3 is 0 Å². The number of hydrogen-bond acceptors (Lipinski definition) is 6. The summed E-state index contributed by atoms with van der Waals surface area (Å²) >= 11 is 11.9. The molecule has 2 amide bonds. The Morgan fingerprint density at radius 2 is 1.91 bits per heavy atom. The van der Waals surface area contributed by atoms with E-state index in [1.165, 1.54) is 0 Å².